The van der Waals surface area contributed by atoms with E-state index in [-0.39, 0.29) is 31.4 Å². The van der Waals surface area contributed by atoms with Gasteiger partial charge in [0.25, 0.3) is 0 Å². The first kappa shape index (κ1) is 28.8. The minimum atomic E-state index is -0.475. The van der Waals surface area contributed by atoms with E-state index < -0.39 is 6.03 Å². The molecule has 2 aromatic carbocycles. The number of urea groups is 1. The third-order valence-electron chi connectivity index (χ3n) is 5.16. The van der Waals surface area contributed by atoms with Crippen LogP contribution in [0.3, 0.4) is 0 Å². The third-order valence-corrected chi connectivity index (χ3v) is 5.16. The maximum atomic E-state index is 13.2. The Labute approximate surface area is 216 Å². The Kier molecular flexibility index (Phi) is 11.6. The van der Waals surface area contributed by atoms with E-state index in [0.717, 1.165) is 11.1 Å². The van der Waals surface area contributed by atoms with Gasteiger partial charge in [-0.05, 0) is 35.4 Å². The van der Waals surface area contributed by atoms with E-state index in [4.69, 9.17) is 10.5 Å². The lowest BCUT2D eigenvalue weighted by Crippen LogP contribution is -2.47. The highest BCUT2D eigenvalue weighted by Crippen LogP contribution is 2.13. The molecule has 3 rings (SSSR count). The molecule has 0 unspecified atom stereocenters. The van der Waals surface area contributed by atoms with Crippen molar-refractivity contribution in [3.8, 4) is 5.75 Å². The number of halogens is 1. The number of methoxy groups -OCH3 is 1. The number of amides is 3. The number of imidazole rings is 1. The van der Waals surface area contributed by atoms with Crippen LogP contribution < -0.4 is 15.8 Å². The van der Waals surface area contributed by atoms with Crippen LogP contribution in [0.15, 0.2) is 65.9 Å². The van der Waals surface area contributed by atoms with Gasteiger partial charge >= 0.3 is 6.03 Å². The van der Waals surface area contributed by atoms with E-state index in [1.54, 1.807) is 55.4 Å². The van der Waals surface area contributed by atoms with Gasteiger partial charge in [-0.3, -0.25) is 20.0 Å². The molecule has 1 aromatic heterocycles. The Bertz CT molecular complexity index is 1150. The van der Waals surface area contributed by atoms with E-state index in [1.165, 1.54) is 21.9 Å². The number of benzene rings is 2. The SMILES string of the molecule is CC.COc1ccc(CN(C=O)C(=NCCn2ccnc2N)NC(=O)N(C)Cc2ccc(F)cc2)cc1. The fraction of sp³-hybridized carbons (Fsp3) is 0.308. The van der Waals surface area contributed by atoms with Gasteiger partial charge in [0.15, 0.2) is 5.95 Å². The van der Waals surface area contributed by atoms with Crippen LogP contribution in [-0.4, -0.2) is 58.5 Å². The molecule has 3 amide bonds. The van der Waals surface area contributed by atoms with Gasteiger partial charge in [-0.1, -0.05) is 38.1 Å². The molecule has 0 aliphatic heterocycles. The Morgan fingerprint density at radius 3 is 2.32 bits per heavy atom. The summed E-state index contributed by atoms with van der Waals surface area (Å²) in [6, 6.07) is 12.6. The van der Waals surface area contributed by atoms with E-state index in [0.29, 0.717) is 24.7 Å². The van der Waals surface area contributed by atoms with Gasteiger partial charge in [-0.2, -0.15) is 0 Å². The molecule has 0 radical (unpaired) electrons. The largest absolute Gasteiger partial charge is 0.497 e. The number of guanidine groups is 1. The van der Waals surface area contributed by atoms with Crippen LogP contribution in [0, 0.1) is 5.82 Å². The topological polar surface area (TPSA) is 118 Å². The first-order chi connectivity index (χ1) is 17.9. The van der Waals surface area contributed by atoms with Crippen LogP contribution in [0.4, 0.5) is 15.1 Å². The summed E-state index contributed by atoms with van der Waals surface area (Å²) >= 11 is 0. The summed E-state index contributed by atoms with van der Waals surface area (Å²) in [6.45, 7) is 5.07. The van der Waals surface area contributed by atoms with Gasteiger partial charge in [0.2, 0.25) is 12.4 Å². The number of hydrogen-bond donors (Lipinski definition) is 2. The zero-order chi connectivity index (χ0) is 27.2. The van der Waals surface area contributed by atoms with Gasteiger partial charge in [0.1, 0.15) is 11.6 Å². The van der Waals surface area contributed by atoms with Crippen LogP contribution >= 0.6 is 0 Å². The Morgan fingerprint density at radius 1 is 1.14 bits per heavy atom. The second kappa shape index (κ2) is 14.9. The van der Waals surface area contributed by atoms with Crippen molar-refractivity contribution in [3.63, 3.8) is 0 Å². The zero-order valence-corrected chi connectivity index (χ0v) is 21.6. The minimum Gasteiger partial charge on any atom is -0.497 e. The van der Waals surface area contributed by atoms with Crippen molar-refractivity contribution in [2.24, 2.45) is 4.99 Å². The predicted octanol–water partition coefficient (Wildman–Crippen LogP) is 3.50. The molecule has 3 N–H and O–H groups in total. The number of aliphatic imine (C=N–C) groups is 1. The monoisotopic (exact) mass is 511 g/mol. The standard InChI is InChI=1S/C24H28FN7O3.C2H6/c1-30(15-18-3-7-20(25)8-4-18)24(34)29-23(28-12-14-31-13-11-27-22(31)26)32(17-33)16-19-5-9-21(35-2)10-6-19;1-2/h3-11,13,17H,12,14-16H2,1-2H3,(H2,26,27)(H,28,29,34);1-2H3. The fourth-order valence-electron chi connectivity index (χ4n) is 3.21. The summed E-state index contributed by atoms with van der Waals surface area (Å²) in [5.41, 5.74) is 7.37. The highest BCUT2D eigenvalue weighted by molar-refractivity contribution is 6.00. The molecule has 37 heavy (non-hydrogen) atoms. The van der Waals surface area contributed by atoms with Gasteiger partial charge in [-0.25, -0.2) is 14.2 Å². The second-order valence-corrected chi connectivity index (χ2v) is 7.68. The average molecular weight is 512 g/mol. The summed E-state index contributed by atoms with van der Waals surface area (Å²) in [6.07, 6.45) is 3.90. The zero-order valence-electron chi connectivity index (χ0n) is 21.6. The van der Waals surface area contributed by atoms with Gasteiger partial charge in [0.05, 0.1) is 20.2 Å². The van der Waals surface area contributed by atoms with Crippen molar-refractivity contribution in [1.82, 2.24) is 24.7 Å². The second-order valence-electron chi connectivity index (χ2n) is 7.68. The number of anilines is 1. The highest BCUT2D eigenvalue weighted by atomic mass is 19.1. The van der Waals surface area contributed by atoms with Crippen molar-refractivity contribution in [2.75, 3.05) is 26.4 Å². The number of nitrogen functional groups attached to an aromatic ring is 1. The lowest BCUT2D eigenvalue weighted by atomic mass is 10.2. The van der Waals surface area contributed by atoms with Crippen molar-refractivity contribution in [3.05, 3.63) is 77.9 Å². The first-order valence-corrected chi connectivity index (χ1v) is 11.8. The van der Waals surface area contributed by atoms with Crippen LogP contribution in [0.2, 0.25) is 0 Å². The number of carbonyl (C=O) groups is 2. The first-order valence-electron chi connectivity index (χ1n) is 11.8. The number of rotatable bonds is 9. The lowest BCUT2D eigenvalue weighted by molar-refractivity contribution is -0.115. The van der Waals surface area contributed by atoms with Gasteiger partial charge < -0.3 is 19.9 Å². The number of carbonyl (C=O) groups excluding carboxylic acids is 2. The molecule has 0 bridgehead atoms. The molecule has 3 aromatic rings. The van der Waals surface area contributed by atoms with Crippen LogP contribution in [-0.2, 0) is 24.4 Å². The number of nitrogens with zero attached hydrogens (tertiary/aromatic N) is 5. The maximum absolute atomic E-state index is 13.2. The molecule has 0 fully saturated rings. The van der Waals surface area contributed by atoms with Crippen molar-refractivity contribution < 1.29 is 18.7 Å². The molecular formula is C26H34FN7O3. The van der Waals surface area contributed by atoms with E-state index in [1.807, 2.05) is 26.0 Å². The molecular weight excluding hydrogens is 477 g/mol. The number of hydrogen-bond acceptors (Lipinski definition) is 6. The number of nitrogens with one attached hydrogen (secondary N) is 1. The Hall–Kier alpha value is -4.41. The van der Waals surface area contributed by atoms with E-state index in [2.05, 4.69) is 15.3 Å². The fourth-order valence-corrected chi connectivity index (χ4v) is 3.21. The summed E-state index contributed by atoms with van der Waals surface area (Å²) in [5, 5.41) is 2.71. The summed E-state index contributed by atoms with van der Waals surface area (Å²) < 4.78 is 20.1. The molecule has 0 spiro atoms. The summed E-state index contributed by atoms with van der Waals surface area (Å²) in [7, 11) is 3.17. The van der Waals surface area contributed by atoms with Crippen LogP contribution in [0.1, 0.15) is 25.0 Å². The Balaban J connectivity index is 0.00000235. The molecule has 198 valence electrons. The number of nitrogens with two attached hydrogens (primary N) is 1. The van der Waals surface area contributed by atoms with Gasteiger partial charge in [0, 0.05) is 32.5 Å². The third kappa shape index (κ3) is 8.95. The average Bonchev–Trinajstić information content (AvgIpc) is 3.33. The molecule has 0 aliphatic carbocycles. The van der Waals surface area contributed by atoms with Crippen molar-refractivity contribution in [2.45, 2.75) is 33.5 Å². The number of aromatic nitrogens is 2. The van der Waals surface area contributed by atoms with Crippen LogP contribution in [0.25, 0.3) is 0 Å². The predicted molar refractivity (Wildman–Crippen MR) is 141 cm³/mol. The molecule has 0 aliphatic rings. The summed E-state index contributed by atoms with van der Waals surface area (Å²) in [4.78, 5) is 36.0. The molecule has 0 saturated carbocycles. The normalized spacial score (nSPS) is 10.7. The van der Waals surface area contributed by atoms with Crippen molar-refractivity contribution in [1.29, 1.82) is 0 Å². The molecule has 0 saturated heterocycles. The highest BCUT2D eigenvalue weighted by Gasteiger charge is 2.18. The quantitative estimate of drug-likeness (QED) is 0.259. The molecule has 10 nitrogen and oxygen atoms in total. The summed E-state index contributed by atoms with van der Waals surface area (Å²) in [5.74, 6) is 0.767. The molecule has 11 heteroatoms. The van der Waals surface area contributed by atoms with Crippen LogP contribution in [0.5, 0.6) is 5.75 Å². The lowest BCUT2D eigenvalue weighted by Gasteiger charge is -2.24. The van der Waals surface area contributed by atoms with E-state index in [9.17, 15) is 14.0 Å². The number of ether oxygens (including phenoxy) is 1. The maximum Gasteiger partial charge on any atom is 0.324 e. The van der Waals surface area contributed by atoms with Crippen molar-refractivity contribution >= 4 is 24.3 Å². The van der Waals surface area contributed by atoms with E-state index >= 15 is 0 Å². The smallest absolute Gasteiger partial charge is 0.324 e. The molecule has 1 heterocycles. The minimum absolute atomic E-state index is 0.0884. The Morgan fingerprint density at radius 2 is 1.76 bits per heavy atom. The van der Waals surface area contributed by atoms with Gasteiger partial charge in [-0.15, -0.1) is 0 Å². The molecule has 0 atom stereocenters.